The van der Waals surface area contributed by atoms with Crippen LogP contribution in [0.25, 0.3) is 0 Å². The zero-order chi connectivity index (χ0) is 13.9. The summed E-state index contributed by atoms with van der Waals surface area (Å²) in [7, 11) is 2.04. The van der Waals surface area contributed by atoms with Crippen LogP contribution in [0.5, 0.6) is 0 Å². The van der Waals surface area contributed by atoms with Crippen LogP contribution in [0.15, 0.2) is 24.3 Å². The molecule has 2 fully saturated rings. The number of hydrogen-bond donors (Lipinski definition) is 1. The van der Waals surface area contributed by atoms with Crippen LogP contribution in [0.1, 0.15) is 37.8 Å². The Morgan fingerprint density at radius 2 is 2.00 bits per heavy atom. The average Bonchev–Trinajstić information content (AvgIpc) is 2.96. The molecule has 2 aliphatic heterocycles. The lowest BCUT2D eigenvalue weighted by atomic mass is 10.0. The van der Waals surface area contributed by atoms with Crippen molar-refractivity contribution in [1.82, 2.24) is 10.2 Å². The molecule has 20 heavy (non-hydrogen) atoms. The minimum absolute atomic E-state index is 0.482. The largest absolute Gasteiger partial charge is 0.369 e. The van der Waals surface area contributed by atoms with Crippen LogP contribution < -0.4 is 10.2 Å². The molecule has 110 valence electrons. The van der Waals surface area contributed by atoms with E-state index < -0.39 is 0 Å². The van der Waals surface area contributed by atoms with E-state index >= 15 is 0 Å². The first-order valence-electron chi connectivity index (χ1n) is 8.08. The average molecular weight is 273 g/mol. The molecule has 2 saturated heterocycles. The van der Waals surface area contributed by atoms with E-state index in [0.717, 1.165) is 12.5 Å². The molecule has 0 saturated carbocycles. The Morgan fingerprint density at radius 3 is 2.70 bits per heavy atom. The van der Waals surface area contributed by atoms with Gasteiger partial charge in [-0.15, -0.1) is 0 Å². The third-order valence-corrected chi connectivity index (χ3v) is 5.00. The first kappa shape index (κ1) is 13.9. The molecule has 0 aromatic heterocycles. The minimum atomic E-state index is 0.482. The van der Waals surface area contributed by atoms with E-state index in [9.17, 15) is 0 Å². The van der Waals surface area contributed by atoms with Crippen molar-refractivity contribution in [2.24, 2.45) is 0 Å². The van der Waals surface area contributed by atoms with Crippen LogP contribution in [-0.2, 0) is 0 Å². The van der Waals surface area contributed by atoms with Gasteiger partial charge in [0.1, 0.15) is 0 Å². The maximum Gasteiger partial charge on any atom is 0.0367 e. The van der Waals surface area contributed by atoms with Crippen LogP contribution in [-0.4, -0.2) is 44.2 Å². The summed E-state index contributed by atoms with van der Waals surface area (Å²) in [6.45, 7) is 7.17. The second kappa shape index (κ2) is 6.15. The molecule has 0 amide bonds. The van der Waals surface area contributed by atoms with Crippen molar-refractivity contribution >= 4 is 5.69 Å². The number of rotatable bonds is 4. The second-order valence-electron chi connectivity index (χ2n) is 6.12. The molecule has 3 nitrogen and oxygen atoms in total. The van der Waals surface area contributed by atoms with Crippen molar-refractivity contribution in [2.75, 3.05) is 38.1 Å². The Balaban J connectivity index is 1.68. The summed E-state index contributed by atoms with van der Waals surface area (Å²) in [5.74, 6) is 0. The summed E-state index contributed by atoms with van der Waals surface area (Å²) in [4.78, 5) is 5.23. The van der Waals surface area contributed by atoms with Crippen molar-refractivity contribution in [3.63, 3.8) is 0 Å². The first-order valence-corrected chi connectivity index (χ1v) is 8.08. The van der Waals surface area contributed by atoms with Gasteiger partial charge in [-0.25, -0.2) is 0 Å². The number of hydrogen-bond acceptors (Lipinski definition) is 3. The fraction of sp³-hybridized carbons (Fsp3) is 0.647. The van der Waals surface area contributed by atoms with E-state index in [4.69, 9.17) is 0 Å². The van der Waals surface area contributed by atoms with Gasteiger partial charge in [-0.2, -0.15) is 0 Å². The molecule has 2 heterocycles. The van der Waals surface area contributed by atoms with Crippen molar-refractivity contribution < 1.29 is 0 Å². The summed E-state index contributed by atoms with van der Waals surface area (Å²) in [6.07, 6.45) is 3.90. The van der Waals surface area contributed by atoms with Crippen LogP contribution in [0.2, 0.25) is 0 Å². The summed E-state index contributed by atoms with van der Waals surface area (Å²) >= 11 is 0. The summed E-state index contributed by atoms with van der Waals surface area (Å²) in [6, 6.07) is 10.5. The Kier molecular flexibility index (Phi) is 4.27. The summed E-state index contributed by atoms with van der Waals surface area (Å²) in [5, 5.41) is 3.38. The van der Waals surface area contributed by atoms with Gasteiger partial charge in [0, 0.05) is 37.4 Å². The van der Waals surface area contributed by atoms with Gasteiger partial charge in [0.05, 0.1) is 0 Å². The van der Waals surface area contributed by atoms with E-state index in [1.807, 2.05) is 7.05 Å². The number of nitrogens with zero attached hydrogens (tertiary/aromatic N) is 2. The predicted octanol–water partition coefficient (Wildman–Crippen LogP) is 2.64. The Bertz CT molecular complexity index is 424. The molecular weight excluding hydrogens is 246 g/mol. The molecule has 0 bridgehead atoms. The van der Waals surface area contributed by atoms with Gasteiger partial charge in [0.15, 0.2) is 0 Å². The van der Waals surface area contributed by atoms with Gasteiger partial charge in [-0.05, 0) is 50.6 Å². The maximum atomic E-state index is 3.38. The molecule has 2 atom stereocenters. The molecule has 3 rings (SSSR count). The van der Waals surface area contributed by atoms with Gasteiger partial charge in [-0.3, -0.25) is 4.90 Å². The molecule has 3 heteroatoms. The number of anilines is 1. The van der Waals surface area contributed by atoms with E-state index in [2.05, 4.69) is 46.3 Å². The highest BCUT2D eigenvalue weighted by atomic mass is 15.3. The molecule has 2 aliphatic rings. The van der Waals surface area contributed by atoms with Crippen molar-refractivity contribution in [1.29, 1.82) is 0 Å². The van der Waals surface area contributed by atoms with Crippen molar-refractivity contribution in [2.45, 2.75) is 38.3 Å². The third-order valence-electron chi connectivity index (χ3n) is 5.00. The minimum Gasteiger partial charge on any atom is -0.369 e. The Hall–Kier alpha value is -1.06. The lowest BCUT2D eigenvalue weighted by molar-refractivity contribution is 0.231. The van der Waals surface area contributed by atoms with Crippen LogP contribution in [0.4, 0.5) is 5.69 Å². The molecule has 2 unspecified atom stereocenters. The molecule has 0 spiro atoms. The monoisotopic (exact) mass is 273 g/mol. The van der Waals surface area contributed by atoms with Crippen LogP contribution in [0, 0.1) is 0 Å². The number of nitrogens with one attached hydrogen (secondary N) is 1. The first-order chi connectivity index (χ1) is 9.81. The smallest absolute Gasteiger partial charge is 0.0367 e. The fourth-order valence-corrected chi connectivity index (χ4v) is 3.75. The zero-order valence-electron chi connectivity index (χ0n) is 12.8. The molecular formula is C17H27N3. The lowest BCUT2D eigenvalue weighted by Crippen LogP contribution is -2.50. The quantitative estimate of drug-likeness (QED) is 0.910. The van der Waals surface area contributed by atoms with E-state index in [1.165, 1.54) is 50.3 Å². The van der Waals surface area contributed by atoms with Crippen LogP contribution in [0.3, 0.4) is 0 Å². The van der Waals surface area contributed by atoms with Gasteiger partial charge in [-0.1, -0.05) is 19.1 Å². The predicted molar refractivity (Wildman–Crippen MR) is 85.3 cm³/mol. The number of benzene rings is 1. The topological polar surface area (TPSA) is 18.5 Å². The molecule has 1 aromatic carbocycles. The molecule has 1 N–H and O–H groups in total. The highest BCUT2D eigenvalue weighted by Crippen LogP contribution is 2.26. The van der Waals surface area contributed by atoms with Gasteiger partial charge in [0.25, 0.3) is 0 Å². The fourth-order valence-electron chi connectivity index (χ4n) is 3.75. The summed E-state index contributed by atoms with van der Waals surface area (Å²) < 4.78 is 0. The number of fused-ring (bicyclic) bond motifs is 1. The summed E-state index contributed by atoms with van der Waals surface area (Å²) in [5.41, 5.74) is 2.80. The van der Waals surface area contributed by atoms with Gasteiger partial charge < -0.3 is 10.2 Å². The Labute approximate surface area is 123 Å². The lowest BCUT2D eigenvalue weighted by Gasteiger charge is -2.39. The highest BCUT2D eigenvalue weighted by molar-refractivity contribution is 5.48. The van der Waals surface area contributed by atoms with Crippen molar-refractivity contribution in [3.05, 3.63) is 29.8 Å². The maximum absolute atomic E-state index is 3.38. The molecule has 1 aromatic rings. The van der Waals surface area contributed by atoms with Crippen LogP contribution >= 0.6 is 0 Å². The zero-order valence-corrected chi connectivity index (χ0v) is 12.8. The van der Waals surface area contributed by atoms with Gasteiger partial charge in [0.2, 0.25) is 0 Å². The highest BCUT2D eigenvalue weighted by Gasteiger charge is 2.30. The van der Waals surface area contributed by atoms with Crippen molar-refractivity contribution in [3.8, 4) is 0 Å². The van der Waals surface area contributed by atoms with Gasteiger partial charge >= 0.3 is 0 Å². The number of piperazine rings is 1. The SMILES string of the molecule is CCC(NC)c1ccc(N2CCN3CCCC3C2)cc1. The van der Waals surface area contributed by atoms with E-state index in [0.29, 0.717) is 6.04 Å². The Morgan fingerprint density at radius 1 is 1.20 bits per heavy atom. The van der Waals surface area contributed by atoms with E-state index in [-0.39, 0.29) is 0 Å². The normalized spacial score (nSPS) is 24.7. The second-order valence-corrected chi connectivity index (χ2v) is 6.12. The standard InChI is InChI=1S/C17H27N3/c1-3-17(18-2)14-6-8-15(9-7-14)20-12-11-19-10-4-5-16(19)13-20/h6-9,16-18H,3-5,10-13H2,1-2H3. The molecule has 0 aliphatic carbocycles. The van der Waals surface area contributed by atoms with E-state index in [1.54, 1.807) is 0 Å². The third kappa shape index (κ3) is 2.70. The molecule has 0 radical (unpaired) electrons.